The predicted octanol–water partition coefficient (Wildman–Crippen LogP) is 4.19. The number of amides is 1. The van der Waals surface area contributed by atoms with E-state index in [-0.39, 0.29) is 23.8 Å². The van der Waals surface area contributed by atoms with Gasteiger partial charge in [0.15, 0.2) is 5.78 Å². The van der Waals surface area contributed by atoms with Crippen molar-refractivity contribution in [2.75, 3.05) is 20.2 Å². The summed E-state index contributed by atoms with van der Waals surface area (Å²) in [5.74, 6) is 0.193. The Morgan fingerprint density at radius 3 is 2.48 bits per heavy atom. The molecular weight excluding hydrogens is 534 g/mol. The van der Waals surface area contributed by atoms with E-state index in [1.807, 2.05) is 35.4 Å². The van der Waals surface area contributed by atoms with Crippen LogP contribution in [-0.2, 0) is 0 Å². The molecule has 9 heteroatoms. The van der Waals surface area contributed by atoms with Gasteiger partial charge in [0, 0.05) is 66.1 Å². The molecule has 1 saturated heterocycles. The van der Waals surface area contributed by atoms with Crippen LogP contribution < -0.4 is 14.6 Å². The minimum atomic E-state index is -1.34. The van der Waals surface area contributed by atoms with Gasteiger partial charge in [0.25, 0.3) is 5.91 Å². The molecule has 2 aromatic carbocycles. The summed E-state index contributed by atoms with van der Waals surface area (Å²) >= 11 is 0. The highest BCUT2D eigenvalue weighted by Crippen LogP contribution is 2.44. The van der Waals surface area contributed by atoms with Crippen LogP contribution in [0.4, 0.5) is 0 Å². The molecule has 2 fully saturated rings. The summed E-state index contributed by atoms with van der Waals surface area (Å²) in [6.07, 6.45) is 6.79. The number of carbonyl (C=O) groups is 3. The number of methoxy groups -OCH3 is 1. The van der Waals surface area contributed by atoms with Gasteiger partial charge in [0.05, 0.1) is 36.5 Å². The highest BCUT2D eigenvalue weighted by atomic mass is 16.5. The van der Waals surface area contributed by atoms with E-state index in [0.717, 1.165) is 34.9 Å². The van der Waals surface area contributed by atoms with E-state index in [2.05, 4.69) is 9.97 Å². The van der Waals surface area contributed by atoms with E-state index in [9.17, 15) is 19.5 Å². The Bertz CT molecular complexity index is 1750. The Kier molecular flexibility index (Phi) is 6.18. The second kappa shape index (κ2) is 9.94. The number of aromatic nitrogens is 2. The zero-order chi connectivity index (χ0) is 29.0. The summed E-state index contributed by atoms with van der Waals surface area (Å²) in [5.41, 5.74) is 2.71. The number of fused-ring (bicyclic) bond motifs is 2. The molecule has 1 saturated carbocycles. The van der Waals surface area contributed by atoms with Gasteiger partial charge in [-0.05, 0) is 54.8 Å². The molecule has 4 heterocycles. The summed E-state index contributed by atoms with van der Waals surface area (Å²) in [5, 5.41) is 12.9. The van der Waals surface area contributed by atoms with Gasteiger partial charge in [-0.2, -0.15) is 0 Å². The Morgan fingerprint density at radius 2 is 1.79 bits per heavy atom. The number of ether oxygens (including phenoxy) is 2. The van der Waals surface area contributed by atoms with Crippen LogP contribution in [0.2, 0.25) is 0 Å². The molecule has 0 unspecified atom stereocenters. The number of ketones is 1. The Morgan fingerprint density at radius 1 is 1.00 bits per heavy atom. The fraction of sp³-hybridized carbons (Fsp3) is 0.303. The number of likely N-dealkylation sites (tertiary alicyclic amines) is 1. The van der Waals surface area contributed by atoms with Crippen LogP contribution in [-0.4, -0.2) is 58.3 Å². The lowest BCUT2D eigenvalue weighted by Crippen LogP contribution is -2.52. The zero-order valence-corrected chi connectivity index (χ0v) is 23.1. The highest BCUT2D eigenvalue weighted by molar-refractivity contribution is 6.03. The third kappa shape index (κ3) is 4.55. The lowest BCUT2D eigenvalue weighted by Gasteiger charge is -2.44. The van der Waals surface area contributed by atoms with Crippen molar-refractivity contribution in [1.82, 2.24) is 14.9 Å². The molecule has 2 aliphatic heterocycles. The van der Waals surface area contributed by atoms with Crippen molar-refractivity contribution in [1.29, 1.82) is 0 Å². The van der Waals surface area contributed by atoms with Crippen molar-refractivity contribution >= 4 is 28.4 Å². The van der Waals surface area contributed by atoms with Crippen molar-refractivity contribution in [3.63, 3.8) is 0 Å². The maximum Gasteiger partial charge on any atom is 0.254 e. The fourth-order valence-electron chi connectivity index (χ4n) is 6.18. The van der Waals surface area contributed by atoms with Crippen LogP contribution in [0.5, 0.6) is 11.5 Å². The zero-order valence-electron chi connectivity index (χ0n) is 23.1. The quantitative estimate of drug-likeness (QED) is 0.355. The number of piperidine rings is 1. The van der Waals surface area contributed by atoms with Crippen LogP contribution in [0.15, 0.2) is 60.9 Å². The second-order valence-electron chi connectivity index (χ2n) is 11.4. The smallest absolute Gasteiger partial charge is 0.254 e. The van der Waals surface area contributed by atoms with Crippen LogP contribution in [0, 0.1) is 0 Å². The number of hydrogen-bond donors (Lipinski definition) is 0. The molecular formula is C33H28N3O6-. The summed E-state index contributed by atoms with van der Waals surface area (Å²) in [4.78, 5) is 48.4. The molecule has 1 spiro atoms. The lowest BCUT2D eigenvalue weighted by atomic mass is 9.82. The molecule has 0 atom stereocenters. The number of benzene rings is 2. The number of aromatic carboxylic acids is 1. The molecule has 0 N–H and O–H groups in total. The molecule has 9 nitrogen and oxygen atoms in total. The molecule has 7 rings (SSSR count). The number of hydrogen-bond acceptors (Lipinski definition) is 8. The first kappa shape index (κ1) is 26.1. The molecule has 2 aromatic heterocycles. The number of carboxylic acids is 1. The highest BCUT2D eigenvalue weighted by Gasteiger charge is 2.44. The van der Waals surface area contributed by atoms with Gasteiger partial charge in [-0.15, -0.1) is 0 Å². The second-order valence-corrected chi connectivity index (χ2v) is 11.4. The largest absolute Gasteiger partial charge is 0.543 e. The minimum Gasteiger partial charge on any atom is -0.543 e. The van der Waals surface area contributed by atoms with E-state index in [4.69, 9.17) is 9.47 Å². The fourth-order valence-corrected chi connectivity index (χ4v) is 6.18. The number of Topliss-reactive ketones (excluding diaryl/α,β-unsaturated/α-hetero) is 1. The van der Waals surface area contributed by atoms with Crippen LogP contribution in [0.1, 0.15) is 74.9 Å². The van der Waals surface area contributed by atoms with Crippen molar-refractivity contribution in [2.45, 2.75) is 43.6 Å². The molecule has 1 amide bonds. The van der Waals surface area contributed by atoms with E-state index < -0.39 is 11.6 Å². The summed E-state index contributed by atoms with van der Waals surface area (Å²) < 4.78 is 12.1. The summed E-state index contributed by atoms with van der Waals surface area (Å²) in [6, 6.07) is 14.1. The van der Waals surface area contributed by atoms with E-state index in [1.54, 1.807) is 25.3 Å². The normalized spacial score (nSPS) is 17.5. The molecule has 4 aromatic rings. The Labute approximate surface area is 242 Å². The van der Waals surface area contributed by atoms with Crippen LogP contribution in [0.3, 0.4) is 0 Å². The number of nitrogens with zero attached hydrogens (tertiary/aromatic N) is 3. The van der Waals surface area contributed by atoms with Crippen LogP contribution >= 0.6 is 0 Å². The minimum absolute atomic E-state index is 0.0171. The Hall–Kier alpha value is -4.79. The van der Waals surface area contributed by atoms with Gasteiger partial charge in [0.2, 0.25) is 0 Å². The van der Waals surface area contributed by atoms with E-state index in [1.165, 1.54) is 12.3 Å². The Balaban J connectivity index is 1.08. The SMILES string of the molecule is COc1cc(C(=O)N2CCC3(CC2)CC(=O)c2cc(-c4ccc(C(=O)[O-])nc4)ccc2O3)cc2c(C3CC3)nccc12. The topological polar surface area (TPSA) is 122 Å². The first-order chi connectivity index (χ1) is 20.3. The van der Waals surface area contributed by atoms with E-state index >= 15 is 0 Å². The first-order valence-electron chi connectivity index (χ1n) is 14.1. The number of pyridine rings is 2. The van der Waals surface area contributed by atoms with Gasteiger partial charge in [-0.3, -0.25) is 19.6 Å². The third-order valence-corrected chi connectivity index (χ3v) is 8.66. The average molecular weight is 563 g/mol. The first-order valence-corrected chi connectivity index (χ1v) is 14.1. The summed E-state index contributed by atoms with van der Waals surface area (Å²) in [6.45, 7) is 0.942. The van der Waals surface area contributed by atoms with Crippen molar-refractivity contribution in [2.24, 2.45) is 0 Å². The van der Waals surface area contributed by atoms with E-state index in [0.29, 0.717) is 60.0 Å². The van der Waals surface area contributed by atoms with Crippen molar-refractivity contribution in [3.8, 4) is 22.6 Å². The number of rotatable bonds is 5. The number of carboxylic acid groups (broad SMARTS) is 1. The van der Waals surface area contributed by atoms with Gasteiger partial charge >= 0.3 is 0 Å². The molecule has 1 aliphatic carbocycles. The molecule has 0 bridgehead atoms. The van der Waals surface area contributed by atoms with Crippen molar-refractivity contribution in [3.05, 3.63) is 83.4 Å². The number of carbonyl (C=O) groups excluding carboxylic acids is 3. The average Bonchev–Trinajstić information content (AvgIpc) is 3.86. The monoisotopic (exact) mass is 562 g/mol. The lowest BCUT2D eigenvalue weighted by molar-refractivity contribution is -0.255. The van der Waals surface area contributed by atoms with Crippen LogP contribution in [0.25, 0.3) is 21.9 Å². The van der Waals surface area contributed by atoms with Gasteiger partial charge in [-0.25, -0.2) is 0 Å². The predicted molar refractivity (Wildman–Crippen MR) is 152 cm³/mol. The molecule has 3 aliphatic rings. The standard InChI is InChI=1S/C33H29N3O6/c1-41-29-16-22(15-24-23(29)8-11-34-30(24)19-2-3-19)31(38)36-12-9-33(10-13-36)17-27(37)25-14-20(5-7-28(25)42-33)21-4-6-26(32(39)40)35-18-21/h4-8,11,14-16,18-19H,2-3,9-10,12-13,17H2,1H3,(H,39,40)/p-1. The van der Waals surface area contributed by atoms with Gasteiger partial charge < -0.3 is 24.3 Å². The summed E-state index contributed by atoms with van der Waals surface area (Å²) in [7, 11) is 1.62. The molecule has 0 radical (unpaired) electrons. The van der Waals surface area contributed by atoms with Crippen molar-refractivity contribution < 1.29 is 29.0 Å². The molecule has 42 heavy (non-hydrogen) atoms. The maximum absolute atomic E-state index is 13.7. The maximum atomic E-state index is 13.7. The van der Waals surface area contributed by atoms with Gasteiger partial charge in [-0.1, -0.05) is 12.1 Å². The van der Waals surface area contributed by atoms with Gasteiger partial charge in [0.1, 0.15) is 17.1 Å². The molecule has 212 valence electrons. The third-order valence-electron chi connectivity index (χ3n) is 8.66.